The van der Waals surface area contributed by atoms with E-state index in [-0.39, 0.29) is 5.91 Å². The summed E-state index contributed by atoms with van der Waals surface area (Å²) in [5.41, 5.74) is 4.52. The smallest absolute Gasteiger partial charge is 0.270 e. The van der Waals surface area contributed by atoms with Crippen LogP contribution in [0.1, 0.15) is 36.2 Å². The minimum atomic E-state index is 0.179. The van der Waals surface area contributed by atoms with Gasteiger partial charge in [0.25, 0.3) is 5.91 Å². The van der Waals surface area contributed by atoms with Gasteiger partial charge in [0.1, 0.15) is 5.69 Å². The number of nitrogens with zero attached hydrogens (tertiary/aromatic N) is 4. The van der Waals surface area contributed by atoms with E-state index in [1.807, 2.05) is 4.90 Å². The van der Waals surface area contributed by atoms with Gasteiger partial charge < -0.3 is 18.9 Å². The number of amides is 1. The molecule has 3 aromatic rings. The number of likely N-dealkylation sites (tertiary alicyclic amines) is 1. The standard InChI is InChI=1S/C23H30N4O/c1-24(2)17-10-12-26(13-11-17)23(28)21-14-20-22(25(21)3)18-6-4-5-7-19(18)27(20)15-16-8-9-16/h4-7,14,16-17H,8-13,15H2,1-3H3. The second kappa shape index (κ2) is 6.66. The number of benzene rings is 1. The van der Waals surface area contributed by atoms with E-state index in [0.717, 1.165) is 44.1 Å². The monoisotopic (exact) mass is 378 g/mol. The molecule has 1 aliphatic carbocycles. The largest absolute Gasteiger partial charge is 0.339 e. The fourth-order valence-corrected chi connectivity index (χ4v) is 4.86. The molecule has 0 unspecified atom stereocenters. The van der Waals surface area contributed by atoms with Crippen LogP contribution in [0.5, 0.6) is 0 Å². The molecule has 5 rings (SSSR count). The molecular weight excluding hydrogens is 348 g/mol. The molecule has 0 atom stereocenters. The Labute approximate surface area is 166 Å². The van der Waals surface area contributed by atoms with Crippen LogP contribution < -0.4 is 0 Å². The zero-order valence-electron chi connectivity index (χ0n) is 17.2. The average Bonchev–Trinajstić information content (AvgIpc) is 3.39. The lowest BCUT2D eigenvalue weighted by molar-refractivity contribution is 0.0654. The van der Waals surface area contributed by atoms with Crippen LogP contribution in [-0.2, 0) is 13.6 Å². The quantitative estimate of drug-likeness (QED) is 0.693. The zero-order valence-corrected chi connectivity index (χ0v) is 17.2. The Hall–Kier alpha value is -2.27. The first-order valence-corrected chi connectivity index (χ1v) is 10.6. The van der Waals surface area contributed by atoms with Gasteiger partial charge in [0.05, 0.1) is 16.6 Å². The number of rotatable bonds is 4. The molecule has 1 saturated heterocycles. The van der Waals surface area contributed by atoms with E-state index in [4.69, 9.17) is 0 Å². The van der Waals surface area contributed by atoms with E-state index in [9.17, 15) is 4.79 Å². The van der Waals surface area contributed by atoms with E-state index in [1.54, 1.807) is 0 Å². The Bertz CT molecular complexity index is 1030. The Balaban J connectivity index is 1.52. The lowest BCUT2D eigenvalue weighted by atomic mass is 10.0. The first kappa shape index (κ1) is 17.8. The molecule has 1 amide bonds. The van der Waals surface area contributed by atoms with Crippen molar-refractivity contribution in [1.82, 2.24) is 18.9 Å². The van der Waals surface area contributed by atoms with Crippen LogP contribution in [0.25, 0.3) is 21.9 Å². The van der Waals surface area contributed by atoms with Crippen LogP contribution >= 0.6 is 0 Å². The first-order chi connectivity index (χ1) is 13.5. The second-order valence-corrected chi connectivity index (χ2v) is 8.88. The summed E-state index contributed by atoms with van der Waals surface area (Å²) < 4.78 is 4.57. The molecular formula is C23H30N4O. The van der Waals surface area contributed by atoms with Crippen LogP contribution in [0.2, 0.25) is 0 Å². The molecule has 2 aliphatic rings. The highest BCUT2D eigenvalue weighted by molar-refractivity contribution is 6.10. The molecule has 2 aromatic heterocycles. The summed E-state index contributed by atoms with van der Waals surface area (Å²) in [4.78, 5) is 17.7. The molecule has 5 nitrogen and oxygen atoms in total. The maximum absolute atomic E-state index is 13.3. The number of aromatic nitrogens is 2. The number of carbonyl (C=O) groups excluding carboxylic acids is 1. The summed E-state index contributed by atoms with van der Waals surface area (Å²) >= 11 is 0. The Morgan fingerprint density at radius 1 is 1.07 bits per heavy atom. The van der Waals surface area contributed by atoms with Crippen LogP contribution in [0, 0.1) is 5.92 Å². The van der Waals surface area contributed by atoms with E-state index in [2.05, 4.69) is 65.5 Å². The maximum atomic E-state index is 13.3. The Morgan fingerprint density at radius 2 is 1.79 bits per heavy atom. The van der Waals surface area contributed by atoms with Gasteiger partial charge in [-0.1, -0.05) is 18.2 Å². The minimum absolute atomic E-state index is 0.179. The number of hydrogen-bond acceptors (Lipinski definition) is 2. The van der Waals surface area contributed by atoms with E-state index in [1.165, 1.54) is 34.8 Å². The van der Waals surface area contributed by atoms with Crippen molar-refractivity contribution in [1.29, 1.82) is 0 Å². The van der Waals surface area contributed by atoms with E-state index >= 15 is 0 Å². The lowest BCUT2D eigenvalue weighted by Crippen LogP contribution is -2.44. The van der Waals surface area contributed by atoms with Gasteiger partial charge in [-0.15, -0.1) is 0 Å². The van der Waals surface area contributed by atoms with Crippen molar-refractivity contribution in [3.05, 3.63) is 36.0 Å². The van der Waals surface area contributed by atoms with Crippen molar-refractivity contribution >= 4 is 27.8 Å². The van der Waals surface area contributed by atoms with Gasteiger partial charge >= 0.3 is 0 Å². The van der Waals surface area contributed by atoms with Crippen LogP contribution in [0.3, 0.4) is 0 Å². The van der Waals surface area contributed by atoms with Crippen molar-refractivity contribution in [2.75, 3.05) is 27.2 Å². The lowest BCUT2D eigenvalue weighted by Gasteiger charge is -2.35. The van der Waals surface area contributed by atoms with Crippen molar-refractivity contribution in [3.8, 4) is 0 Å². The number of fused-ring (bicyclic) bond motifs is 3. The van der Waals surface area contributed by atoms with Gasteiger partial charge in [0.15, 0.2) is 0 Å². The summed E-state index contributed by atoms with van der Waals surface area (Å²) in [6.07, 6.45) is 4.76. The number of aryl methyl sites for hydroxylation is 1. The molecule has 0 N–H and O–H groups in total. The maximum Gasteiger partial charge on any atom is 0.270 e. The van der Waals surface area contributed by atoms with E-state index < -0.39 is 0 Å². The fourth-order valence-electron chi connectivity index (χ4n) is 4.86. The molecule has 0 bridgehead atoms. The van der Waals surface area contributed by atoms with Crippen LogP contribution in [0.15, 0.2) is 30.3 Å². The van der Waals surface area contributed by atoms with Gasteiger partial charge in [-0.2, -0.15) is 0 Å². The number of para-hydroxylation sites is 1. The highest BCUT2D eigenvalue weighted by atomic mass is 16.2. The topological polar surface area (TPSA) is 33.4 Å². The van der Waals surface area contributed by atoms with Crippen LogP contribution in [-0.4, -0.2) is 58.1 Å². The SMILES string of the molecule is CN(C)C1CCN(C(=O)c2cc3c(c4ccccc4n3CC3CC3)n2C)CC1. The summed E-state index contributed by atoms with van der Waals surface area (Å²) in [7, 11) is 6.32. The Kier molecular flexibility index (Phi) is 4.23. The molecule has 148 valence electrons. The van der Waals surface area contributed by atoms with Gasteiger partial charge in [-0.05, 0) is 57.8 Å². The molecule has 2 fully saturated rings. The normalized spacial score (nSPS) is 18.6. The number of piperidine rings is 1. The number of hydrogen-bond donors (Lipinski definition) is 0. The molecule has 28 heavy (non-hydrogen) atoms. The zero-order chi connectivity index (χ0) is 19.4. The fraction of sp³-hybridized carbons (Fsp3) is 0.522. The highest BCUT2D eigenvalue weighted by Crippen LogP contribution is 2.37. The first-order valence-electron chi connectivity index (χ1n) is 10.6. The third-order valence-electron chi connectivity index (χ3n) is 6.79. The van der Waals surface area contributed by atoms with Gasteiger partial charge in [0.2, 0.25) is 0 Å². The average molecular weight is 379 g/mol. The molecule has 1 aliphatic heterocycles. The van der Waals surface area contributed by atoms with Crippen molar-refractivity contribution in [2.45, 2.75) is 38.3 Å². The Morgan fingerprint density at radius 3 is 2.46 bits per heavy atom. The summed E-state index contributed by atoms with van der Waals surface area (Å²) in [6.45, 7) is 2.76. The van der Waals surface area contributed by atoms with Crippen molar-refractivity contribution < 1.29 is 4.79 Å². The molecule has 3 heterocycles. The van der Waals surface area contributed by atoms with Gasteiger partial charge in [-0.3, -0.25) is 4.79 Å². The third-order valence-corrected chi connectivity index (χ3v) is 6.79. The second-order valence-electron chi connectivity index (χ2n) is 8.88. The highest BCUT2D eigenvalue weighted by Gasteiger charge is 2.29. The molecule has 1 aromatic carbocycles. The molecule has 0 spiro atoms. The van der Waals surface area contributed by atoms with Crippen LogP contribution in [0.4, 0.5) is 0 Å². The molecule has 1 saturated carbocycles. The summed E-state index contributed by atoms with van der Waals surface area (Å²) in [5.74, 6) is 0.974. The van der Waals surface area contributed by atoms with E-state index in [0.29, 0.717) is 6.04 Å². The van der Waals surface area contributed by atoms with Gasteiger partial charge in [0, 0.05) is 38.1 Å². The molecule has 5 heteroatoms. The molecule has 0 radical (unpaired) electrons. The predicted molar refractivity (Wildman–Crippen MR) is 114 cm³/mol. The summed E-state index contributed by atoms with van der Waals surface area (Å²) in [5, 5.41) is 1.26. The van der Waals surface area contributed by atoms with Crippen molar-refractivity contribution in [2.24, 2.45) is 13.0 Å². The summed E-state index contributed by atoms with van der Waals surface area (Å²) in [6, 6.07) is 11.3. The van der Waals surface area contributed by atoms with Crippen molar-refractivity contribution in [3.63, 3.8) is 0 Å². The minimum Gasteiger partial charge on any atom is -0.339 e. The number of carbonyl (C=O) groups is 1. The third kappa shape index (κ3) is 2.84. The van der Waals surface area contributed by atoms with Gasteiger partial charge in [-0.25, -0.2) is 0 Å². The predicted octanol–water partition coefficient (Wildman–Crippen LogP) is 3.71.